The van der Waals surface area contributed by atoms with E-state index in [1.807, 2.05) is 44.1 Å². The molecule has 174 valence electrons. The molecule has 2 N–H and O–H groups in total. The third-order valence-electron chi connectivity index (χ3n) is 5.90. The number of amides is 1. The monoisotopic (exact) mass is 451 g/mol. The number of fused-ring (bicyclic) bond motifs is 1. The fraction of sp³-hybridized carbons (Fsp3) is 0.391. The van der Waals surface area contributed by atoms with Gasteiger partial charge in [0.25, 0.3) is 0 Å². The van der Waals surface area contributed by atoms with Gasteiger partial charge in [0.05, 0.1) is 18.8 Å². The second-order valence-corrected chi connectivity index (χ2v) is 8.46. The number of nitrogen functional groups attached to an aromatic ring is 1. The van der Waals surface area contributed by atoms with Gasteiger partial charge in [0.2, 0.25) is 5.91 Å². The van der Waals surface area contributed by atoms with E-state index < -0.39 is 0 Å². The zero-order valence-electron chi connectivity index (χ0n) is 19.4. The molecule has 1 amide bonds. The molecule has 1 aliphatic heterocycles. The summed E-state index contributed by atoms with van der Waals surface area (Å²) in [5, 5.41) is 0. The minimum atomic E-state index is -0.273. The standard InChI is InChI=1S/C23H29N7O3/c1-15-7-8-16(12-18(15)33-4)29-20-21(24)25-14-26-22(20)30(23(29)32)17-9-11-28(13-17)19(31)6-5-10-27(2)3/h5-8,12,14,17H,9-11,13H2,1-4H3,(H2,24,25,26). The van der Waals surface area contributed by atoms with Crippen molar-refractivity contribution in [1.82, 2.24) is 28.9 Å². The van der Waals surface area contributed by atoms with Crippen LogP contribution in [0.2, 0.25) is 0 Å². The first-order valence-corrected chi connectivity index (χ1v) is 10.8. The fourth-order valence-electron chi connectivity index (χ4n) is 4.21. The summed E-state index contributed by atoms with van der Waals surface area (Å²) in [6, 6.07) is 5.32. The lowest BCUT2D eigenvalue weighted by Crippen LogP contribution is -2.31. The summed E-state index contributed by atoms with van der Waals surface area (Å²) in [6.07, 6.45) is 5.43. The van der Waals surface area contributed by atoms with Gasteiger partial charge < -0.3 is 20.3 Å². The Bertz CT molecular complexity index is 1280. The van der Waals surface area contributed by atoms with Crippen LogP contribution in [0.1, 0.15) is 18.0 Å². The largest absolute Gasteiger partial charge is 0.496 e. The Balaban J connectivity index is 1.74. The second kappa shape index (κ2) is 9.07. The van der Waals surface area contributed by atoms with E-state index in [1.54, 1.807) is 28.7 Å². The van der Waals surface area contributed by atoms with Gasteiger partial charge in [-0.2, -0.15) is 0 Å². The summed E-state index contributed by atoms with van der Waals surface area (Å²) >= 11 is 0. The highest BCUT2D eigenvalue weighted by Crippen LogP contribution is 2.29. The zero-order chi connectivity index (χ0) is 23.7. The molecule has 3 aromatic rings. The van der Waals surface area contributed by atoms with Crippen molar-refractivity contribution in [1.29, 1.82) is 0 Å². The van der Waals surface area contributed by atoms with E-state index in [0.717, 1.165) is 5.56 Å². The van der Waals surface area contributed by atoms with Gasteiger partial charge in [-0.25, -0.2) is 14.8 Å². The quantitative estimate of drug-likeness (QED) is 0.564. The molecule has 1 aromatic carbocycles. The highest BCUT2D eigenvalue weighted by atomic mass is 16.5. The molecule has 10 heteroatoms. The molecule has 2 aromatic heterocycles. The molecule has 0 radical (unpaired) electrons. The molecule has 10 nitrogen and oxygen atoms in total. The number of anilines is 1. The summed E-state index contributed by atoms with van der Waals surface area (Å²) < 4.78 is 8.60. The second-order valence-electron chi connectivity index (χ2n) is 8.46. The highest BCUT2D eigenvalue weighted by Gasteiger charge is 2.31. The molecule has 0 bridgehead atoms. The fourth-order valence-corrected chi connectivity index (χ4v) is 4.21. The molecule has 0 saturated carbocycles. The third kappa shape index (κ3) is 4.21. The summed E-state index contributed by atoms with van der Waals surface area (Å²) in [5.74, 6) is 0.819. The molecule has 0 spiro atoms. The maximum atomic E-state index is 13.7. The lowest BCUT2D eigenvalue weighted by atomic mass is 10.2. The first-order chi connectivity index (χ1) is 15.8. The van der Waals surface area contributed by atoms with Crippen LogP contribution in [-0.2, 0) is 4.79 Å². The Morgan fingerprint density at radius 1 is 1.33 bits per heavy atom. The number of imidazole rings is 1. The topological polar surface area (TPSA) is 112 Å². The van der Waals surface area contributed by atoms with Crippen LogP contribution in [0.5, 0.6) is 5.75 Å². The highest BCUT2D eigenvalue weighted by molar-refractivity contribution is 5.88. The van der Waals surface area contributed by atoms with Crippen molar-refractivity contribution in [2.75, 3.05) is 46.6 Å². The molecule has 0 aliphatic carbocycles. The van der Waals surface area contributed by atoms with Gasteiger partial charge in [-0.05, 0) is 39.1 Å². The summed E-state index contributed by atoms with van der Waals surface area (Å²) in [7, 11) is 5.48. The van der Waals surface area contributed by atoms with Gasteiger partial charge in [-0.15, -0.1) is 0 Å². The average molecular weight is 452 g/mol. The van der Waals surface area contributed by atoms with Crippen molar-refractivity contribution in [2.45, 2.75) is 19.4 Å². The molecule has 33 heavy (non-hydrogen) atoms. The van der Waals surface area contributed by atoms with E-state index in [-0.39, 0.29) is 23.5 Å². The molecule has 1 atom stereocenters. The molecular formula is C23H29N7O3. The molecule has 1 fully saturated rings. The molecule has 3 heterocycles. The van der Waals surface area contributed by atoms with E-state index in [9.17, 15) is 9.59 Å². The van der Waals surface area contributed by atoms with Crippen molar-refractivity contribution in [3.8, 4) is 11.4 Å². The number of aryl methyl sites for hydroxylation is 1. The number of methoxy groups -OCH3 is 1. The van der Waals surface area contributed by atoms with Crippen LogP contribution in [0, 0.1) is 6.92 Å². The van der Waals surface area contributed by atoms with Crippen LogP contribution in [0.15, 0.2) is 41.5 Å². The molecular weight excluding hydrogens is 422 g/mol. The Kier molecular flexibility index (Phi) is 6.19. The lowest BCUT2D eigenvalue weighted by molar-refractivity contribution is -0.125. The number of hydrogen-bond donors (Lipinski definition) is 1. The van der Waals surface area contributed by atoms with Gasteiger partial charge in [0.15, 0.2) is 11.5 Å². The number of rotatable bonds is 6. The maximum Gasteiger partial charge on any atom is 0.335 e. The Morgan fingerprint density at radius 3 is 2.85 bits per heavy atom. The Morgan fingerprint density at radius 2 is 2.12 bits per heavy atom. The number of carbonyl (C=O) groups excluding carboxylic acids is 1. The van der Waals surface area contributed by atoms with E-state index in [2.05, 4.69) is 9.97 Å². The number of likely N-dealkylation sites (N-methyl/N-ethyl adjacent to an activating group) is 1. The minimum Gasteiger partial charge on any atom is -0.496 e. The van der Waals surface area contributed by atoms with E-state index in [0.29, 0.717) is 48.7 Å². The summed E-state index contributed by atoms with van der Waals surface area (Å²) in [6.45, 7) is 3.61. The van der Waals surface area contributed by atoms with Crippen LogP contribution in [0.3, 0.4) is 0 Å². The number of nitrogens with two attached hydrogens (primary N) is 1. The normalized spacial score (nSPS) is 16.4. The number of likely N-dealkylation sites (tertiary alicyclic amines) is 1. The van der Waals surface area contributed by atoms with Crippen molar-refractivity contribution < 1.29 is 9.53 Å². The number of hydrogen-bond acceptors (Lipinski definition) is 7. The van der Waals surface area contributed by atoms with Gasteiger partial charge in [-0.1, -0.05) is 12.1 Å². The van der Waals surface area contributed by atoms with Gasteiger partial charge in [-0.3, -0.25) is 13.9 Å². The van der Waals surface area contributed by atoms with Gasteiger partial charge in [0.1, 0.15) is 17.6 Å². The third-order valence-corrected chi connectivity index (χ3v) is 5.90. The van der Waals surface area contributed by atoms with E-state index in [4.69, 9.17) is 10.5 Å². The Hall–Kier alpha value is -3.66. The van der Waals surface area contributed by atoms with Crippen LogP contribution in [0.25, 0.3) is 16.9 Å². The predicted molar refractivity (Wildman–Crippen MR) is 127 cm³/mol. The number of carbonyl (C=O) groups is 1. The van der Waals surface area contributed by atoms with Crippen molar-refractivity contribution in [2.24, 2.45) is 0 Å². The first kappa shape index (κ1) is 22.5. The maximum absolute atomic E-state index is 13.7. The number of benzene rings is 1. The minimum absolute atomic E-state index is 0.0615. The van der Waals surface area contributed by atoms with Crippen molar-refractivity contribution in [3.63, 3.8) is 0 Å². The van der Waals surface area contributed by atoms with E-state index >= 15 is 0 Å². The summed E-state index contributed by atoms with van der Waals surface area (Å²) in [5.41, 5.74) is 8.40. The van der Waals surface area contributed by atoms with Crippen LogP contribution in [-0.4, -0.2) is 75.6 Å². The van der Waals surface area contributed by atoms with E-state index in [1.165, 1.54) is 10.9 Å². The Labute approximate surface area is 191 Å². The smallest absolute Gasteiger partial charge is 0.335 e. The summed E-state index contributed by atoms with van der Waals surface area (Å²) in [4.78, 5) is 38.5. The van der Waals surface area contributed by atoms with Crippen LogP contribution < -0.4 is 16.2 Å². The zero-order valence-corrected chi connectivity index (χ0v) is 19.4. The molecule has 1 saturated heterocycles. The van der Waals surface area contributed by atoms with Gasteiger partial charge >= 0.3 is 5.69 Å². The molecule has 1 unspecified atom stereocenters. The van der Waals surface area contributed by atoms with Crippen LogP contribution >= 0.6 is 0 Å². The molecule has 4 rings (SSSR count). The predicted octanol–water partition coefficient (Wildman–Crippen LogP) is 1.37. The first-order valence-electron chi connectivity index (χ1n) is 10.8. The van der Waals surface area contributed by atoms with Gasteiger partial charge in [0, 0.05) is 31.8 Å². The molecule has 1 aliphatic rings. The van der Waals surface area contributed by atoms with Crippen LogP contribution in [0.4, 0.5) is 5.82 Å². The SMILES string of the molecule is COc1cc(-n2c(=O)n(C3CCN(C(=O)C=CCN(C)C)C3)c3ncnc(N)c32)ccc1C. The average Bonchev–Trinajstić information content (AvgIpc) is 3.37. The lowest BCUT2D eigenvalue weighted by Gasteiger charge is -2.15. The van der Waals surface area contributed by atoms with Crippen molar-refractivity contribution in [3.05, 3.63) is 52.7 Å². The number of aromatic nitrogens is 4. The number of nitrogens with zero attached hydrogens (tertiary/aromatic N) is 6. The number of ether oxygens (including phenoxy) is 1. The van der Waals surface area contributed by atoms with Crippen molar-refractivity contribution >= 4 is 22.9 Å².